The minimum absolute atomic E-state index is 0.0894. The number of fused-ring (bicyclic) bond motifs is 1. The number of sulfonamides is 1. The summed E-state index contributed by atoms with van der Waals surface area (Å²) in [5.41, 5.74) is 0.165. The van der Waals surface area contributed by atoms with Crippen LogP contribution in [0.2, 0.25) is 0 Å². The summed E-state index contributed by atoms with van der Waals surface area (Å²) in [7, 11) is -2.21. The Morgan fingerprint density at radius 3 is 2.61 bits per heavy atom. The lowest BCUT2D eigenvalue weighted by Crippen LogP contribution is -2.41. The average molecular weight is 447 g/mol. The molecule has 1 atom stereocenters. The molecule has 8 nitrogen and oxygen atoms in total. The number of hydrogen-bond acceptors (Lipinski definition) is 6. The standard InChI is InChI=1S/C22H26N2O6S/c1-28-19-10-9-17(31(26,27)24-11-5-2-6-12-24)13-18(19)22(25)23-14-16-15-29-20-7-3-4-8-21(20)30-16/h3-4,7-10,13,16H,2,5-6,11-12,14-15H2,1H3,(H,23,25)/t16-/m0/s1. The van der Waals surface area contributed by atoms with Gasteiger partial charge in [0.1, 0.15) is 18.5 Å². The van der Waals surface area contributed by atoms with Crippen molar-refractivity contribution in [3.05, 3.63) is 48.0 Å². The van der Waals surface area contributed by atoms with E-state index >= 15 is 0 Å². The van der Waals surface area contributed by atoms with Crippen molar-refractivity contribution in [2.45, 2.75) is 30.3 Å². The first kappa shape index (κ1) is 21.5. The van der Waals surface area contributed by atoms with E-state index in [1.807, 2.05) is 18.2 Å². The zero-order valence-electron chi connectivity index (χ0n) is 17.4. The summed E-state index contributed by atoms with van der Waals surface area (Å²) in [6.07, 6.45) is 2.36. The van der Waals surface area contributed by atoms with E-state index in [2.05, 4.69) is 5.32 Å². The Morgan fingerprint density at radius 2 is 1.87 bits per heavy atom. The Labute approximate surface area is 182 Å². The van der Waals surface area contributed by atoms with Crippen LogP contribution in [0.5, 0.6) is 17.2 Å². The number of rotatable bonds is 6. The first-order valence-corrected chi connectivity index (χ1v) is 11.8. The Bertz CT molecular complexity index is 1050. The monoisotopic (exact) mass is 446 g/mol. The first-order chi connectivity index (χ1) is 15.0. The van der Waals surface area contributed by atoms with Gasteiger partial charge in [0.15, 0.2) is 11.5 Å². The third kappa shape index (κ3) is 4.62. The van der Waals surface area contributed by atoms with Crippen LogP contribution in [-0.4, -0.2) is 58.1 Å². The third-order valence-corrected chi connectivity index (χ3v) is 7.32. The largest absolute Gasteiger partial charge is 0.496 e. The highest BCUT2D eigenvalue weighted by atomic mass is 32.2. The third-order valence-electron chi connectivity index (χ3n) is 5.43. The minimum atomic E-state index is -3.66. The van der Waals surface area contributed by atoms with Crippen LogP contribution in [0.4, 0.5) is 0 Å². The molecular formula is C22H26N2O6S. The molecule has 1 N–H and O–H groups in total. The quantitative estimate of drug-likeness (QED) is 0.733. The van der Waals surface area contributed by atoms with Gasteiger partial charge >= 0.3 is 0 Å². The number of ether oxygens (including phenoxy) is 3. The molecule has 4 rings (SSSR count). The van der Waals surface area contributed by atoms with Crippen LogP contribution < -0.4 is 19.5 Å². The summed E-state index contributed by atoms with van der Waals surface area (Å²) in [5, 5.41) is 2.80. The Balaban J connectivity index is 1.48. The minimum Gasteiger partial charge on any atom is -0.496 e. The van der Waals surface area contributed by atoms with E-state index in [1.54, 1.807) is 6.07 Å². The molecule has 1 amide bonds. The maximum atomic E-state index is 13.0. The van der Waals surface area contributed by atoms with Gasteiger partial charge in [0.2, 0.25) is 10.0 Å². The molecule has 1 saturated heterocycles. The summed E-state index contributed by atoms with van der Waals surface area (Å²) in [6.45, 7) is 1.50. The molecule has 0 aliphatic carbocycles. The number of hydrogen-bond donors (Lipinski definition) is 1. The number of carbonyl (C=O) groups excluding carboxylic acids is 1. The molecule has 31 heavy (non-hydrogen) atoms. The number of benzene rings is 2. The van der Waals surface area contributed by atoms with Gasteiger partial charge in [0, 0.05) is 13.1 Å². The molecule has 2 aliphatic heterocycles. The molecule has 0 unspecified atom stereocenters. The van der Waals surface area contributed by atoms with E-state index in [-0.39, 0.29) is 23.1 Å². The predicted octanol–water partition coefficient (Wildman–Crippen LogP) is 2.44. The van der Waals surface area contributed by atoms with Crippen molar-refractivity contribution in [3.63, 3.8) is 0 Å². The van der Waals surface area contributed by atoms with Gasteiger partial charge in [0.05, 0.1) is 24.1 Å². The zero-order valence-corrected chi connectivity index (χ0v) is 18.2. The molecule has 0 radical (unpaired) electrons. The van der Waals surface area contributed by atoms with E-state index in [0.29, 0.717) is 36.9 Å². The SMILES string of the molecule is COc1ccc(S(=O)(=O)N2CCCCC2)cc1C(=O)NC[C@H]1COc2ccccc2O1. The fraction of sp³-hybridized carbons (Fsp3) is 0.409. The molecule has 2 aromatic carbocycles. The summed E-state index contributed by atoms with van der Waals surface area (Å²) >= 11 is 0. The number of nitrogens with one attached hydrogen (secondary N) is 1. The molecule has 0 spiro atoms. The first-order valence-electron chi connectivity index (χ1n) is 10.3. The van der Waals surface area contributed by atoms with Crippen molar-refractivity contribution in [1.29, 1.82) is 0 Å². The number of methoxy groups -OCH3 is 1. The van der Waals surface area contributed by atoms with Crippen LogP contribution in [0.1, 0.15) is 29.6 Å². The number of amides is 1. The fourth-order valence-corrected chi connectivity index (χ4v) is 5.29. The van der Waals surface area contributed by atoms with Gasteiger partial charge in [0.25, 0.3) is 5.91 Å². The lowest BCUT2D eigenvalue weighted by Gasteiger charge is -2.27. The summed E-state index contributed by atoms with van der Waals surface area (Å²) in [6, 6.07) is 11.7. The molecule has 2 heterocycles. The highest BCUT2D eigenvalue weighted by Gasteiger charge is 2.28. The van der Waals surface area contributed by atoms with Crippen molar-refractivity contribution in [1.82, 2.24) is 9.62 Å². The number of piperidine rings is 1. The Kier molecular flexibility index (Phi) is 6.33. The summed E-state index contributed by atoms with van der Waals surface area (Å²) in [4.78, 5) is 13.0. The average Bonchev–Trinajstić information content (AvgIpc) is 2.82. The van der Waals surface area contributed by atoms with Crippen molar-refractivity contribution in [2.75, 3.05) is 33.4 Å². The van der Waals surface area contributed by atoms with E-state index < -0.39 is 15.9 Å². The van der Waals surface area contributed by atoms with E-state index in [0.717, 1.165) is 19.3 Å². The van der Waals surface area contributed by atoms with Crippen LogP contribution in [0.15, 0.2) is 47.4 Å². The molecule has 2 aliphatic rings. The number of carbonyl (C=O) groups is 1. The molecule has 0 bridgehead atoms. The highest BCUT2D eigenvalue weighted by molar-refractivity contribution is 7.89. The smallest absolute Gasteiger partial charge is 0.255 e. The van der Waals surface area contributed by atoms with E-state index in [9.17, 15) is 13.2 Å². The van der Waals surface area contributed by atoms with Crippen LogP contribution in [0.25, 0.3) is 0 Å². The summed E-state index contributed by atoms with van der Waals surface area (Å²) in [5.74, 6) is 1.17. The maximum absolute atomic E-state index is 13.0. The van der Waals surface area contributed by atoms with Gasteiger partial charge in [-0.15, -0.1) is 0 Å². The molecule has 0 saturated carbocycles. The lowest BCUT2D eigenvalue weighted by atomic mass is 10.2. The number of para-hydroxylation sites is 2. The van der Waals surface area contributed by atoms with Gasteiger partial charge in [-0.3, -0.25) is 4.79 Å². The Hall–Kier alpha value is -2.78. The van der Waals surface area contributed by atoms with E-state index in [1.165, 1.54) is 29.6 Å². The highest BCUT2D eigenvalue weighted by Crippen LogP contribution is 2.31. The van der Waals surface area contributed by atoms with Crippen LogP contribution >= 0.6 is 0 Å². The molecule has 166 valence electrons. The fourth-order valence-electron chi connectivity index (χ4n) is 3.74. The van der Waals surface area contributed by atoms with Gasteiger partial charge in [-0.2, -0.15) is 4.31 Å². The molecule has 2 aromatic rings. The van der Waals surface area contributed by atoms with E-state index in [4.69, 9.17) is 14.2 Å². The van der Waals surface area contributed by atoms with Crippen LogP contribution in [0.3, 0.4) is 0 Å². The van der Waals surface area contributed by atoms with Gasteiger partial charge in [-0.1, -0.05) is 18.6 Å². The maximum Gasteiger partial charge on any atom is 0.255 e. The molecule has 0 aromatic heterocycles. The van der Waals surface area contributed by atoms with Crippen molar-refractivity contribution >= 4 is 15.9 Å². The van der Waals surface area contributed by atoms with Gasteiger partial charge in [-0.25, -0.2) is 8.42 Å². The normalized spacial score (nSPS) is 18.9. The van der Waals surface area contributed by atoms with Crippen molar-refractivity contribution in [2.24, 2.45) is 0 Å². The molecule has 9 heteroatoms. The van der Waals surface area contributed by atoms with Gasteiger partial charge < -0.3 is 19.5 Å². The number of nitrogens with zero attached hydrogens (tertiary/aromatic N) is 1. The summed E-state index contributed by atoms with van der Waals surface area (Å²) < 4.78 is 44.3. The topological polar surface area (TPSA) is 94.2 Å². The Morgan fingerprint density at radius 1 is 1.13 bits per heavy atom. The lowest BCUT2D eigenvalue weighted by molar-refractivity contribution is 0.0787. The van der Waals surface area contributed by atoms with Crippen molar-refractivity contribution in [3.8, 4) is 17.2 Å². The second kappa shape index (κ2) is 9.15. The van der Waals surface area contributed by atoms with Crippen molar-refractivity contribution < 1.29 is 27.4 Å². The van der Waals surface area contributed by atoms with Gasteiger partial charge in [-0.05, 0) is 43.2 Å². The van der Waals surface area contributed by atoms with Crippen LogP contribution in [0, 0.1) is 0 Å². The second-order valence-electron chi connectivity index (χ2n) is 7.53. The predicted molar refractivity (Wildman–Crippen MR) is 114 cm³/mol. The van der Waals surface area contributed by atoms with Crippen LogP contribution in [-0.2, 0) is 10.0 Å². The zero-order chi connectivity index (χ0) is 21.8. The molecule has 1 fully saturated rings. The second-order valence-corrected chi connectivity index (χ2v) is 9.47. The molecular weight excluding hydrogens is 420 g/mol.